The number of nitrogens with two attached hydrogens (primary N) is 1. The summed E-state index contributed by atoms with van der Waals surface area (Å²) in [7, 11) is 1.54. The van der Waals surface area contributed by atoms with Gasteiger partial charge in [-0.1, -0.05) is 11.8 Å². The van der Waals surface area contributed by atoms with E-state index in [4.69, 9.17) is 10.5 Å². The molecule has 2 fully saturated rings. The van der Waals surface area contributed by atoms with E-state index in [1.165, 1.54) is 11.7 Å². The molecular formula is C23H21N5O4. The number of nitrogens with one attached hydrogen (secondary N) is 2. The Morgan fingerprint density at radius 3 is 2.72 bits per heavy atom. The van der Waals surface area contributed by atoms with Crippen LogP contribution in [-0.4, -0.2) is 39.2 Å². The highest BCUT2D eigenvalue weighted by Gasteiger charge is 2.46. The molecule has 1 atom stereocenters. The quantitative estimate of drug-likeness (QED) is 0.364. The second kappa shape index (κ2) is 7.00. The Bertz CT molecular complexity index is 1310. The first-order chi connectivity index (χ1) is 15.3. The van der Waals surface area contributed by atoms with E-state index in [9.17, 15) is 14.7 Å². The van der Waals surface area contributed by atoms with Crippen LogP contribution in [0.25, 0.3) is 10.8 Å². The number of urea groups is 1. The maximum absolute atomic E-state index is 12.7. The third-order valence-electron chi connectivity index (χ3n) is 5.90. The summed E-state index contributed by atoms with van der Waals surface area (Å²) in [6, 6.07) is 8.25. The third-order valence-corrected chi connectivity index (χ3v) is 5.90. The summed E-state index contributed by atoms with van der Waals surface area (Å²) in [5.74, 6) is 5.76. The summed E-state index contributed by atoms with van der Waals surface area (Å²) in [6.45, 7) is -0.0855. The Hall–Kier alpha value is -4.03. The highest BCUT2D eigenvalue weighted by atomic mass is 16.5. The van der Waals surface area contributed by atoms with Crippen LogP contribution in [0, 0.1) is 11.8 Å². The molecule has 9 heteroatoms. The number of imide groups is 1. The van der Waals surface area contributed by atoms with E-state index in [0.717, 1.165) is 23.9 Å². The Kier molecular flexibility index (Phi) is 4.36. The molecule has 32 heavy (non-hydrogen) atoms. The minimum absolute atomic E-state index is 0.0577. The Morgan fingerprint density at radius 2 is 2.09 bits per heavy atom. The van der Waals surface area contributed by atoms with Gasteiger partial charge < -0.3 is 25.5 Å². The van der Waals surface area contributed by atoms with Gasteiger partial charge in [0.2, 0.25) is 5.54 Å². The van der Waals surface area contributed by atoms with Crippen LogP contribution in [0.2, 0.25) is 0 Å². The number of pyridine rings is 1. The molecule has 162 valence electrons. The molecule has 1 saturated heterocycles. The zero-order chi connectivity index (χ0) is 22.5. The maximum Gasteiger partial charge on any atom is 0.323 e. The van der Waals surface area contributed by atoms with Gasteiger partial charge in [0.25, 0.3) is 5.91 Å². The van der Waals surface area contributed by atoms with Crippen molar-refractivity contribution in [2.24, 2.45) is 5.73 Å². The molecule has 9 nitrogen and oxygen atoms in total. The van der Waals surface area contributed by atoms with E-state index in [0.29, 0.717) is 16.7 Å². The van der Waals surface area contributed by atoms with Gasteiger partial charge in [0.05, 0.1) is 24.9 Å². The minimum Gasteiger partial charge on any atom is -0.497 e. The van der Waals surface area contributed by atoms with Crippen molar-refractivity contribution in [2.45, 2.75) is 30.5 Å². The van der Waals surface area contributed by atoms with Gasteiger partial charge in [-0.05, 0) is 43.2 Å². The lowest BCUT2D eigenvalue weighted by Gasteiger charge is -2.20. The fourth-order valence-electron chi connectivity index (χ4n) is 3.79. The molecule has 3 heterocycles. The summed E-state index contributed by atoms with van der Waals surface area (Å²) in [4.78, 5) is 29.0. The fourth-order valence-corrected chi connectivity index (χ4v) is 3.79. The summed E-state index contributed by atoms with van der Waals surface area (Å²) in [5, 5.41) is 16.9. The number of nitrogens with zero attached hydrogens (tertiary/aromatic N) is 2. The van der Waals surface area contributed by atoms with Gasteiger partial charge in [0.15, 0.2) is 5.88 Å². The number of hydrogen-bond acceptors (Lipinski definition) is 6. The van der Waals surface area contributed by atoms with Crippen LogP contribution < -0.4 is 21.1 Å². The van der Waals surface area contributed by atoms with Crippen molar-refractivity contribution in [3.63, 3.8) is 0 Å². The number of benzene rings is 1. The van der Waals surface area contributed by atoms with Crippen molar-refractivity contribution in [1.29, 1.82) is 0 Å². The molecule has 0 spiro atoms. The summed E-state index contributed by atoms with van der Waals surface area (Å²) in [5.41, 5.74) is 5.65. The molecule has 1 aromatic carbocycles. The van der Waals surface area contributed by atoms with E-state index in [1.807, 2.05) is 6.07 Å². The molecule has 5 rings (SSSR count). The van der Waals surface area contributed by atoms with Crippen LogP contribution in [0.15, 0.2) is 42.7 Å². The number of ether oxygens (including phenoxy) is 1. The van der Waals surface area contributed by atoms with Gasteiger partial charge >= 0.3 is 6.03 Å². The number of rotatable bonds is 4. The molecule has 2 aliphatic rings. The van der Waals surface area contributed by atoms with E-state index in [-0.39, 0.29) is 18.0 Å². The average Bonchev–Trinajstić information content (AvgIpc) is 3.38. The van der Waals surface area contributed by atoms with Crippen LogP contribution in [0.3, 0.4) is 0 Å². The number of aromatic hydroxyl groups is 1. The van der Waals surface area contributed by atoms with Crippen LogP contribution >= 0.6 is 0 Å². The van der Waals surface area contributed by atoms with Gasteiger partial charge in [-0.3, -0.25) is 15.1 Å². The average molecular weight is 431 g/mol. The third kappa shape index (κ3) is 3.31. The second-order valence-electron chi connectivity index (χ2n) is 8.19. The standard InChI is InChI=1S/C23H21N5O4/c1-32-16-4-3-15-12-28(19(29)17(15)10-16)13-23(20(30)26-21(31)27-23)7-6-14-2-5-18(25-11-14)22(24)8-9-22/h2-5,10-12,29H,8-9,13,24H2,1H3,(H2,26,27,30,31)/t23-/m1/s1. The number of carbonyl (C=O) groups excluding carboxylic acids is 2. The van der Waals surface area contributed by atoms with Gasteiger partial charge in [-0.15, -0.1) is 0 Å². The topological polar surface area (TPSA) is 131 Å². The van der Waals surface area contributed by atoms with E-state index in [1.54, 1.807) is 36.7 Å². The molecule has 3 aromatic rings. The predicted octanol–water partition coefficient (Wildman–Crippen LogP) is 1.33. The number of carbonyl (C=O) groups is 2. The van der Waals surface area contributed by atoms with Gasteiger partial charge in [-0.25, -0.2) is 4.79 Å². The number of fused-ring (bicyclic) bond motifs is 1. The molecule has 0 unspecified atom stereocenters. The maximum atomic E-state index is 12.7. The molecular weight excluding hydrogens is 410 g/mol. The summed E-state index contributed by atoms with van der Waals surface area (Å²) < 4.78 is 6.70. The first-order valence-electron chi connectivity index (χ1n) is 10.1. The second-order valence-corrected chi connectivity index (χ2v) is 8.19. The van der Waals surface area contributed by atoms with Crippen LogP contribution in [0.1, 0.15) is 24.1 Å². The van der Waals surface area contributed by atoms with Crippen molar-refractivity contribution in [3.05, 3.63) is 54.0 Å². The lowest BCUT2D eigenvalue weighted by Crippen LogP contribution is -2.49. The monoisotopic (exact) mass is 431 g/mol. The molecule has 1 saturated carbocycles. The molecule has 5 N–H and O–H groups in total. The van der Waals surface area contributed by atoms with Gasteiger partial charge in [0, 0.05) is 28.7 Å². The van der Waals surface area contributed by atoms with Crippen molar-refractivity contribution in [1.82, 2.24) is 20.2 Å². The van der Waals surface area contributed by atoms with Crippen LogP contribution in [0.4, 0.5) is 4.79 Å². The highest BCUT2D eigenvalue weighted by molar-refractivity contribution is 6.09. The highest BCUT2D eigenvalue weighted by Crippen LogP contribution is 2.41. The first-order valence-corrected chi connectivity index (χ1v) is 10.1. The normalized spacial score (nSPS) is 20.9. The zero-order valence-electron chi connectivity index (χ0n) is 17.3. The Morgan fingerprint density at radius 1 is 1.28 bits per heavy atom. The fraction of sp³-hybridized carbons (Fsp3) is 0.261. The number of methoxy groups -OCH3 is 1. The van der Waals surface area contributed by atoms with E-state index >= 15 is 0 Å². The largest absolute Gasteiger partial charge is 0.497 e. The smallest absolute Gasteiger partial charge is 0.323 e. The molecule has 0 bridgehead atoms. The van der Waals surface area contributed by atoms with Crippen molar-refractivity contribution in [3.8, 4) is 23.5 Å². The van der Waals surface area contributed by atoms with Gasteiger partial charge in [-0.2, -0.15) is 0 Å². The van der Waals surface area contributed by atoms with Crippen LogP contribution in [0.5, 0.6) is 11.6 Å². The molecule has 1 aliphatic carbocycles. The lowest BCUT2D eigenvalue weighted by molar-refractivity contribution is -0.122. The van der Waals surface area contributed by atoms with Crippen molar-refractivity contribution in [2.75, 3.05) is 7.11 Å². The number of aromatic nitrogens is 2. The first kappa shape index (κ1) is 19.9. The summed E-state index contributed by atoms with van der Waals surface area (Å²) >= 11 is 0. The van der Waals surface area contributed by atoms with Gasteiger partial charge in [0.1, 0.15) is 5.75 Å². The van der Waals surface area contributed by atoms with Crippen LogP contribution in [-0.2, 0) is 16.9 Å². The van der Waals surface area contributed by atoms with Crippen molar-refractivity contribution < 1.29 is 19.4 Å². The Balaban J connectivity index is 1.49. The molecule has 0 radical (unpaired) electrons. The molecule has 2 aromatic heterocycles. The lowest BCUT2D eigenvalue weighted by atomic mass is 10.00. The van der Waals surface area contributed by atoms with Crippen molar-refractivity contribution >= 4 is 22.7 Å². The predicted molar refractivity (Wildman–Crippen MR) is 116 cm³/mol. The molecule has 1 aliphatic heterocycles. The zero-order valence-corrected chi connectivity index (χ0v) is 17.3. The number of amides is 3. The summed E-state index contributed by atoms with van der Waals surface area (Å²) in [6.07, 6.45) is 5.10. The minimum atomic E-state index is -1.56. The van der Waals surface area contributed by atoms with E-state index in [2.05, 4.69) is 27.5 Å². The van der Waals surface area contributed by atoms with E-state index < -0.39 is 17.5 Å². The molecule has 3 amide bonds. The Labute approximate surface area is 183 Å². The SMILES string of the molecule is COc1ccc2cn(C[C@@]3(C#Cc4ccc(C5(N)CC5)nc4)NC(=O)NC3=O)c(O)c2c1. The number of hydrogen-bond donors (Lipinski definition) is 4.